The second kappa shape index (κ2) is 60.1. The Morgan fingerprint density at radius 1 is 0.329 bits per heavy atom. The molecule has 1 unspecified atom stereocenters. The molecule has 5 heteroatoms. The Labute approximate surface area is 434 Å². The molecule has 0 fully saturated rings. The smallest absolute Gasteiger partial charge is 0.306 e. The monoisotopic (exact) mass is 973 g/mol. The molecule has 0 spiro atoms. The Balaban J connectivity index is 4.32. The molecule has 402 valence electrons. The van der Waals surface area contributed by atoms with Crippen molar-refractivity contribution in [3.8, 4) is 0 Å². The summed E-state index contributed by atoms with van der Waals surface area (Å²) in [5, 5.41) is 0. The number of esters is 2. The predicted molar refractivity (Wildman–Crippen MR) is 306 cm³/mol. The molecule has 0 rings (SSSR count). The minimum atomic E-state index is -0.559. The fourth-order valence-electron chi connectivity index (χ4n) is 8.15. The molecule has 0 radical (unpaired) electrons. The molecule has 0 aromatic carbocycles. The summed E-state index contributed by atoms with van der Waals surface area (Å²) in [6, 6.07) is 0. The van der Waals surface area contributed by atoms with E-state index in [1.807, 2.05) is 0 Å². The van der Waals surface area contributed by atoms with Gasteiger partial charge in [0.15, 0.2) is 6.10 Å². The summed E-state index contributed by atoms with van der Waals surface area (Å²) >= 11 is 0. The van der Waals surface area contributed by atoms with Gasteiger partial charge in [0.1, 0.15) is 6.61 Å². The van der Waals surface area contributed by atoms with Crippen molar-refractivity contribution in [3.05, 3.63) is 97.2 Å². The van der Waals surface area contributed by atoms with Crippen LogP contribution in [0.2, 0.25) is 0 Å². The number of ether oxygens (including phenoxy) is 3. The molecule has 0 N–H and O–H groups in total. The Morgan fingerprint density at radius 3 is 1.03 bits per heavy atom. The molecule has 5 nitrogen and oxygen atoms in total. The summed E-state index contributed by atoms with van der Waals surface area (Å²) in [5.74, 6) is -0.424. The van der Waals surface area contributed by atoms with Crippen LogP contribution < -0.4 is 0 Å². The highest BCUT2D eigenvalue weighted by atomic mass is 16.6. The zero-order valence-electron chi connectivity index (χ0n) is 46.3. The third-order valence-electron chi connectivity index (χ3n) is 12.6. The molecule has 0 aliphatic rings. The fourth-order valence-corrected chi connectivity index (χ4v) is 8.15. The second-order valence-corrected chi connectivity index (χ2v) is 19.5. The predicted octanol–water partition coefficient (Wildman–Crippen LogP) is 20.6. The molecule has 0 heterocycles. The highest BCUT2D eigenvalue weighted by Gasteiger charge is 2.17. The van der Waals surface area contributed by atoms with Gasteiger partial charge in [-0.25, -0.2) is 0 Å². The first kappa shape index (κ1) is 66.8. The quantitative estimate of drug-likeness (QED) is 0.0345. The number of hydrogen-bond acceptors (Lipinski definition) is 5. The van der Waals surface area contributed by atoms with Crippen molar-refractivity contribution in [2.24, 2.45) is 0 Å². The minimum Gasteiger partial charge on any atom is -0.462 e. The first-order chi connectivity index (χ1) is 34.6. The first-order valence-corrected chi connectivity index (χ1v) is 29.8. The Kier molecular flexibility index (Phi) is 57.4. The van der Waals surface area contributed by atoms with Crippen LogP contribution in [0, 0.1) is 0 Å². The van der Waals surface area contributed by atoms with Crippen LogP contribution in [-0.2, 0) is 23.8 Å². The molecule has 0 saturated heterocycles. The van der Waals surface area contributed by atoms with Crippen LogP contribution in [0.25, 0.3) is 0 Å². The van der Waals surface area contributed by atoms with Crippen LogP contribution in [0.3, 0.4) is 0 Å². The zero-order valence-corrected chi connectivity index (χ0v) is 46.3. The third-order valence-corrected chi connectivity index (χ3v) is 12.6. The lowest BCUT2D eigenvalue weighted by Crippen LogP contribution is -2.30. The van der Waals surface area contributed by atoms with E-state index in [1.165, 1.54) is 148 Å². The molecule has 1 atom stereocenters. The number of unbranched alkanes of at least 4 members (excludes halogenated alkanes) is 27. The van der Waals surface area contributed by atoms with Gasteiger partial charge < -0.3 is 14.2 Å². The van der Waals surface area contributed by atoms with Crippen molar-refractivity contribution in [2.75, 3.05) is 19.8 Å². The maximum atomic E-state index is 12.9. The average Bonchev–Trinajstić information content (AvgIpc) is 3.36. The van der Waals surface area contributed by atoms with E-state index in [4.69, 9.17) is 14.2 Å². The zero-order chi connectivity index (χ0) is 50.6. The van der Waals surface area contributed by atoms with Gasteiger partial charge in [0.25, 0.3) is 0 Å². The third kappa shape index (κ3) is 57.4. The second-order valence-electron chi connectivity index (χ2n) is 19.5. The first-order valence-electron chi connectivity index (χ1n) is 29.8. The molecule has 0 saturated carbocycles. The summed E-state index contributed by atoms with van der Waals surface area (Å²) in [7, 11) is 0. The van der Waals surface area contributed by atoms with Crippen LogP contribution in [-0.4, -0.2) is 37.9 Å². The van der Waals surface area contributed by atoms with E-state index in [1.54, 1.807) is 0 Å². The van der Waals surface area contributed by atoms with Gasteiger partial charge in [0.05, 0.1) is 6.61 Å². The molecule has 70 heavy (non-hydrogen) atoms. The highest BCUT2D eigenvalue weighted by molar-refractivity contribution is 5.70. The van der Waals surface area contributed by atoms with E-state index >= 15 is 0 Å². The number of allylic oxidation sites excluding steroid dienone is 16. The van der Waals surface area contributed by atoms with E-state index in [0.717, 1.165) is 96.3 Å². The van der Waals surface area contributed by atoms with Gasteiger partial charge in [-0.1, -0.05) is 240 Å². The van der Waals surface area contributed by atoms with Crippen molar-refractivity contribution >= 4 is 11.9 Å². The van der Waals surface area contributed by atoms with E-state index in [0.29, 0.717) is 19.4 Å². The Bertz CT molecular complexity index is 1330. The van der Waals surface area contributed by atoms with Gasteiger partial charge in [-0.3, -0.25) is 9.59 Å². The lowest BCUT2D eigenvalue weighted by molar-refractivity contribution is -0.163. The fraction of sp³-hybridized carbons (Fsp3) is 0.723. The van der Waals surface area contributed by atoms with Crippen LogP contribution in [0.5, 0.6) is 0 Å². The molecular weight excluding hydrogens is 861 g/mol. The number of hydrogen-bond donors (Lipinski definition) is 0. The van der Waals surface area contributed by atoms with Gasteiger partial charge in [-0.05, 0) is 122 Å². The van der Waals surface area contributed by atoms with Crippen molar-refractivity contribution in [1.82, 2.24) is 0 Å². The molecule has 0 bridgehead atoms. The van der Waals surface area contributed by atoms with Crippen molar-refractivity contribution in [3.63, 3.8) is 0 Å². The number of carbonyl (C=O) groups excluding carboxylic acids is 2. The minimum absolute atomic E-state index is 0.0679. The number of carbonyl (C=O) groups is 2. The lowest BCUT2D eigenvalue weighted by atomic mass is 10.1. The van der Waals surface area contributed by atoms with Crippen molar-refractivity contribution in [1.29, 1.82) is 0 Å². The van der Waals surface area contributed by atoms with Crippen molar-refractivity contribution < 1.29 is 23.8 Å². The molecular formula is C65H112O5. The van der Waals surface area contributed by atoms with E-state index in [2.05, 4.69) is 118 Å². The molecule has 0 aromatic heterocycles. The summed E-state index contributed by atoms with van der Waals surface area (Å²) in [6.45, 7) is 7.64. The largest absolute Gasteiger partial charge is 0.462 e. The van der Waals surface area contributed by atoms with Gasteiger partial charge >= 0.3 is 11.9 Å². The Hall–Kier alpha value is -3.18. The topological polar surface area (TPSA) is 61.8 Å². The SMILES string of the molecule is CC/C=C\C/C=C\C/C=C\CCCCCCCC(=O)OC(COCCCCCCCCC/C=C\C/C=C\C/C=C\CCCCC)COC(=O)CCCCCCCCCCC/C=C\C/C=C\CCCCC. The van der Waals surface area contributed by atoms with Gasteiger partial charge in [-0.15, -0.1) is 0 Å². The molecule has 0 amide bonds. The van der Waals surface area contributed by atoms with E-state index < -0.39 is 6.10 Å². The highest BCUT2D eigenvalue weighted by Crippen LogP contribution is 2.15. The van der Waals surface area contributed by atoms with Crippen LogP contribution in [0.1, 0.15) is 278 Å². The summed E-state index contributed by atoms with van der Waals surface area (Å²) in [5.41, 5.74) is 0. The van der Waals surface area contributed by atoms with Gasteiger partial charge in [0.2, 0.25) is 0 Å². The maximum absolute atomic E-state index is 12.9. The normalized spacial score (nSPS) is 12.9. The number of rotatable bonds is 54. The van der Waals surface area contributed by atoms with Crippen molar-refractivity contribution in [2.45, 2.75) is 284 Å². The summed E-state index contributed by atoms with van der Waals surface area (Å²) in [6.07, 6.45) is 81.4. The van der Waals surface area contributed by atoms with Crippen LogP contribution in [0.15, 0.2) is 97.2 Å². The Morgan fingerprint density at radius 2 is 0.643 bits per heavy atom. The van der Waals surface area contributed by atoms with Crippen LogP contribution >= 0.6 is 0 Å². The molecule has 0 aliphatic carbocycles. The molecule has 0 aromatic rings. The summed E-state index contributed by atoms with van der Waals surface area (Å²) in [4.78, 5) is 25.6. The van der Waals surface area contributed by atoms with E-state index in [-0.39, 0.29) is 25.2 Å². The average molecular weight is 974 g/mol. The van der Waals surface area contributed by atoms with E-state index in [9.17, 15) is 9.59 Å². The summed E-state index contributed by atoms with van der Waals surface area (Å²) < 4.78 is 17.5. The lowest BCUT2D eigenvalue weighted by Gasteiger charge is -2.18. The standard InChI is InChI=1S/C65H112O5/c1-4-7-10-13-16-19-22-25-28-30-32-34-36-39-42-45-48-51-54-57-60-68-61-63(70-65(67)59-56-53-50-47-44-41-37-27-24-21-18-15-12-9-6-3)62-69-64(66)58-55-52-49-46-43-40-38-35-33-31-29-26-23-20-17-14-11-8-5-2/h9,12,16-21,25-29,32,34,37,63H,4-8,10-11,13-15,22-24,30-31,33,35-36,38-62H2,1-3H3/b12-9-,19-16-,20-17-,21-18-,28-25-,29-26-,34-32-,37-27-. The van der Waals surface area contributed by atoms with Gasteiger partial charge in [0, 0.05) is 19.4 Å². The maximum Gasteiger partial charge on any atom is 0.306 e. The van der Waals surface area contributed by atoms with Gasteiger partial charge in [-0.2, -0.15) is 0 Å². The van der Waals surface area contributed by atoms with Crippen LogP contribution in [0.4, 0.5) is 0 Å². The molecule has 0 aliphatic heterocycles.